The molecule has 0 saturated heterocycles. The molecule has 1 aromatic carbocycles. The zero-order chi connectivity index (χ0) is 17.7. The van der Waals surface area contributed by atoms with Crippen LogP contribution in [0.2, 0.25) is 5.02 Å². The summed E-state index contributed by atoms with van der Waals surface area (Å²) < 4.78 is 10.1. The second-order valence-electron chi connectivity index (χ2n) is 6.29. The van der Waals surface area contributed by atoms with E-state index in [9.17, 15) is 9.59 Å². The van der Waals surface area contributed by atoms with Crippen molar-refractivity contribution in [3.05, 3.63) is 28.8 Å². The third-order valence-corrected chi connectivity index (χ3v) is 5.17. The van der Waals surface area contributed by atoms with Gasteiger partial charge in [-0.1, -0.05) is 37.4 Å². The molecule has 2 unspecified atom stereocenters. The third-order valence-electron chi connectivity index (χ3n) is 4.82. The molecular formula is C18H24ClNO4. The molecule has 0 aromatic heterocycles. The van der Waals surface area contributed by atoms with E-state index in [-0.39, 0.29) is 24.2 Å². The van der Waals surface area contributed by atoms with E-state index in [0.717, 1.165) is 19.3 Å². The normalized spacial score (nSPS) is 23.4. The van der Waals surface area contributed by atoms with Crippen LogP contribution in [-0.2, 0) is 20.7 Å². The van der Waals surface area contributed by atoms with Crippen LogP contribution in [0.4, 0.5) is 0 Å². The number of amides is 1. The van der Waals surface area contributed by atoms with E-state index in [2.05, 4.69) is 5.32 Å². The molecule has 0 spiro atoms. The molecule has 1 fully saturated rings. The maximum atomic E-state index is 12.5. The number of carbonyl (C=O) groups is 2. The highest BCUT2D eigenvalue weighted by Gasteiger charge is 2.47. The van der Waals surface area contributed by atoms with Gasteiger partial charge in [0, 0.05) is 5.02 Å². The average Bonchev–Trinajstić information content (AvgIpc) is 2.58. The number of hydrogen-bond donors (Lipinski definition) is 1. The minimum Gasteiger partial charge on any atom is -0.497 e. The standard InChI is InChI=1S/C18H24ClNO4/c1-12-6-4-5-9-18(12,17(22)24-3)20-16(21)10-13-7-8-14(23-2)11-15(13)19/h7-8,11-12H,4-6,9-10H2,1-3H3,(H,20,21). The maximum Gasteiger partial charge on any atom is 0.331 e. The molecule has 1 aromatic rings. The van der Waals surface area contributed by atoms with Gasteiger partial charge in [-0.3, -0.25) is 4.79 Å². The summed E-state index contributed by atoms with van der Waals surface area (Å²) in [6.07, 6.45) is 3.54. The number of benzene rings is 1. The number of esters is 1. The Hall–Kier alpha value is -1.75. The summed E-state index contributed by atoms with van der Waals surface area (Å²) in [4.78, 5) is 24.9. The Morgan fingerprint density at radius 1 is 1.33 bits per heavy atom. The van der Waals surface area contributed by atoms with Crippen LogP contribution in [0.5, 0.6) is 5.75 Å². The van der Waals surface area contributed by atoms with Crippen molar-refractivity contribution in [2.24, 2.45) is 5.92 Å². The van der Waals surface area contributed by atoms with Crippen molar-refractivity contribution in [2.45, 2.75) is 44.6 Å². The van der Waals surface area contributed by atoms with Crippen LogP contribution in [0.25, 0.3) is 0 Å². The number of carbonyl (C=O) groups excluding carboxylic acids is 2. The summed E-state index contributed by atoms with van der Waals surface area (Å²) in [5, 5.41) is 3.40. The zero-order valence-electron chi connectivity index (χ0n) is 14.4. The highest BCUT2D eigenvalue weighted by molar-refractivity contribution is 6.31. The van der Waals surface area contributed by atoms with Gasteiger partial charge in [0.25, 0.3) is 0 Å². The first-order valence-corrected chi connectivity index (χ1v) is 8.52. The molecule has 2 rings (SSSR count). The molecule has 1 aliphatic rings. The van der Waals surface area contributed by atoms with Crippen LogP contribution in [-0.4, -0.2) is 31.6 Å². The van der Waals surface area contributed by atoms with Crippen molar-refractivity contribution in [1.82, 2.24) is 5.32 Å². The lowest BCUT2D eigenvalue weighted by atomic mass is 9.73. The van der Waals surface area contributed by atoms with Gasteiger partial charge in [-0.25, -0.2) is 4.79 Å². The lowest BCUT2D eigenvalue weighted by molar-refractivity contribution is -0.155. The zero-order valence-corrected chi connectivity index (χ0v) is 15.1. The van der Waals surface area contributed by atoms with E-state index in [4.69, 9.17) is 21.1 Å². The minimum absolute atomic E-state index is 0.0361. The van der Waals surface area contributed by atoms with E-state index in [1.165, 1.54) is 7.11 Å². The molecule has 0 aliphatic heterocycles. The second-order valence-corrected chi connectivity index (χ2v) is 6.70. The van der Waals surface area contributed by atoms with Crippen LogP contribution in [0.3, 0.4) is 0 Å². The van der Waals surface area contributed by atoms with Crippen LogP contribution in [0.15, 0.2) is 18.2 Å². The predicted molar refractivity (Wildman–Crippen MR) is 92.2 cm³/mol. The summed E-state index contributed by atoms with van der Waals surface area (Å²) in [6.45, 7) is 1.98. The largest absolute Gasteiger partial charge is 0.497 e. The molecule has 0 heterocycles. The summed E-state index contributed by atoms with van der Waals surface area (Å²) >= 11 is 6.20. The van der Waals surface area contributed by atoms with E-state index < -0.39 is 5.54 Å². The molecule has 1 N–H and O–H groups in total. The molecule has 5 nitrogen and oxygen atoms in total. The van der Waals surface area contributed by atoms with Crippen molar-refractivity contribution in [2.75, 3.05) is 14.2 Å². The van der Waals surface area contributed by atoms with Gasteiger partial charge in [-0.05, 0) is 36.5 Å². The van der Waals surface area contributed by atoms with Crippen molar-refractivity contribution in [3.8, 4) is 5.75 Å². The summed E-state index contributed by atoms with van der Waals surface area (Å²) in [5.41, 5.74) is -0.248. The Kier molecular flexibility index (Phi) is 6.10. The molecule has 2 atom stereocenters. The predicted octanol–water partition coefficient (Wildman–Crippen LogP) is 3.13. The van der Waals surface area contributed by atoms with Crippen molar-refractivity contribution in [3.63, 3.8) is 0 Å². The fourth-order valence-electron chi connectivity index (χ4n) is 3.33. The monoisotopic (exact) mass is 353 g/mol. The van der Waals surface area contributed by atoms with Crippen LogP contribution in [0, 0.1) is 5.92 Å². The lowest BCUT2D eigenvalue weighted by Crippen LogP contribution is -2.60. The Bertz CT molecular complexity index is 619. The lowest BCUT2D eigenvalue weighted by Gasteiger charge is -2.40. The van der Waals surface area contributed by atoms with Gasteiger partial charge in [-0.15, -0.1) is 0 Å². The Morgan fingerprint density at radius 3 is 2.67 bits per heavy atom. The number of rotatable bonds is 5. The Balaban J connectivity index is 2.15. The van der Waals surface area contributed by atoms with E-state index in [0.29, 0.717) is 22.8 Å². The van der Waals surface area contributed by atoms with E-state index in [1.807, 2.05) is 6.92 Å². The van der Waals surface area contributed by atoms with Gasteiger partial charge in [0.1, 0.15) is 11.3 Å². The summed E-state index contributed by atoms with van der Waals surface area (Å²) in [7, 11) is 2.92. The van der Waals surface area contributed by atoms with Gasteiger partial charge >= 0.3 is 5.97 Å². The van der Waals surface area contributed by atoms with Gasteiger partial charge in [0.2, 0.25) is 5.91 Å². The number of halogens is 1. The van der Waals surface area contributed by atoms with E-state index in [1.54, 1.807) is 25.3 Å². The quantitative estimate of drug-likeness (QED) is 0.826. The van der Waals surface area contributed by atoms with Crippen molar-refractivity contribution < 1.29 is 19.1 Å². The highest BCUT2D eigenvalue weighted by atomic mass is 35.5. The molecule has 1 aliphatic carbocycles. The Morgan fingerprint density at radius 2 is 2.08 bits per heavy atom. The average molecular weight is 354 g/mol. The molecule has 24 heavy (non-hydrogen) atoms. The summed E-state index contributed by atoms with van der Waals surface area (Å²) in [6, 6.07) is 5.19. The molecule has 1 saturated carbocycles. The SMILES string of the molecule is COC(=O)C1(NC(=O)Cc2ccc(OC)cc2Cl)CCCCC1C. The number of hydrogen-bond acceptors (Lipinski definition) is 4. The van der Waals surface area contributed by atoms with Gasteiger partial charge in [0.05, 0.1) is 20.6 Å². The molecule has 6 heteroatoms. The van der Waals surface area contributed by atoms with Crippen LogP contribution in [0.1, 0.15) is 38.2 Å². The molecule has 0 radical (unpaired) electrons. The fraction of sp³-hybridized carbons (Fsp3) is 0.556. The van der Waals surface area contributed by atoms with Crippen LogP contribution < -0.4 is 10.1 Å². The number of ether oxygens (including phenoxy) is 2. The third kappa shape index (κ3) is 3.83. The first kappa shape index (κ1) is 18.6. The molecular weight excluding hydrogens is 330 g/mol. The maximum absolute atomic E-state index is 12.5. The van der Waals surface area contributed by atoms with Gasteiger partial charge in [-0.2, -0.15) is 0 Å². The number of methoxy groups -OCH3 is 2. The fourth-order valence-corrected chi connectivity index (χ4v) is 3.57. The first-order valence-electron chi connectivity index (χ1n) is 8.14. The number of nitrogens with one attached hydrogen (secondary N) is 1. The van der Waals surface area contributed by atoms with Gasteiger partial charge < -0.3 is 14.8 Å². The van der Waals surface area contributed by atoms with Gasteiger partial charge in [0.15, 0.2) is 0 Å². The Labute approximate surface area is 147 Å². The molecule has 0 bridgehead atoms. The minimum atomic E-state index is -0.941. The van der Waals surface area contributed by atoms with E-state index >= 15 is 0 Å². The second kappa shape index (κ2) is 7.88. The molecule has 132 valence electrons. The summed E-state index contributed by atoms with van der Waals surface area (Å²) in [5.74, 6) is 0.0650. The first-order chi connectivity index (χ1) is 11.4. The topological polar surface area (TPSA) is 64.6 Å². The highest BCUT2D eigenvalue weighted by Crippen LogP contribution is 2.35. The van der Waals surface area contributed by atoms with Crippen molar-refractivity contribution >= 4 is 23.5 Å². The van der Waals surface area contributed by atoms with Crippen LogP contribution >= 0.6 is 11.6 Å². The van der Waals surface area contributed by atoms with Crippen molar-refractivity contribution in [1.29, 1.82) is 0 Å². The smallest absolute Gasteiger partial charge is 0.331 e. The molecule has 1 amide bonds.